The Hall–Kier alpha value is -1.06. The summed E-state index contributed by atoms with van der Waals surface area (Å²) < 4.78 is 1.11. The van der Waals surface area contributed by atoms with E-state index in [1.54, 1.807) is 25.2 Å². The summed E-state index contributed by atoms with van der Waals surface area (Å²) in [5.74, 6) is -0.770. The van der Waals surface area contributed by atoms with Gasteiger partial charge >= 0.3 is 5.97 Å². The van der Waals surface area contributed by atoms with Gasteiger partial charge in [0.1, 0.15) is 0 Å². The zero-order valence-electron chi connectivity index (χ0n) is 9.66. The van der Waals surface area contributed by atoms with Gasteiger partial charge in [-0.2, -0.15) is 0 Å². The van der Waals surface area contributed by atoms with Gasteiger partial charge in [-0.05, 0) is 43.9 Å². The molecule has 0 saturated heterocycles. The molecule has 1 aromatic carbocycles. The van der Waals surface area contributed by atoms with Crippen molar-refractivity contribution in [3.8, 4) is 0 Å². The van der Waals surface area contributed by atoms with E-state index in [9.17, 15) is 4.79 Å². The van der Waals surface area contributed by atoms with E-state index in [1.165, 1.54) is 0 Å². The molecular formula is C13H13ClO2S. The average Bonchev–Trinajstić information content (AvgIpc) is 2.57. The molecule has 0 aliphatic heterocycles. The molecule has 0 amide bonds. The Morgan fingerprint density at radius 1 is 1.41 bits per heavy atom. The largest absolute Gasteiger partial charge is 0.481 e. The van der Waals surface area contributed by atoms with Crippen LogP contribution in [0.1, 0.15) is 18.7 Å². The first-order valence-corrected chi connectivity index (χ1v) is 6.49. The summed E-state index contributed by atoms with van der Waals surface area (Å²) in [4.78, 5) is 12.2. The van der Waals surface area contributed by atoms with Gasteiger partial charge in [0, 0.05) is 14.6 Å². The van der Waals surface area contributed by atoms with E-state index in [-0.39, 0.29) is 0 Å². The first-order chi connectivity index (χ1) is 7.88. The van der Waals surface area contributed by atoms with Crippen molar-refractivity contribution in [2.24, 2.45) is 5.41 Å². The molecule has 0 aliphatic carbocycles. The van der Waals surface area contributed by atoms with Gasteiger partial charge in [-0.25, -0.2) is 0 Å². The lowest BCUT2D eigenvalue weighted by Crippen LogP contribution is -2.25. The summed E-state index contributed by atoms with van der Waals surface area (Å²) in [5.41, 5.74) is -0.731. The summed E-state index contributed by atoms with van der Waals surface area (Å²) >= 11 is 7.53. The monoisotopic (exact) mass is 268 g/mol. The Balaban J connectivity index is 2.34. The van der Waals surface area contributed by atoms with Gasteiger partial charge in [0.05, 0.1) is 5.41 Å². The summed E-state index contributed by atoms with van der Waals surface area (Å²) in [7, 11) is 0. The molecule has 0 unspecified atom stereocenters. The standard InChI is InChI=1S/C13H13ClO2S/c1-13(2,12(15)16)7-10-5-8-3-4-9(14)6-11(8)17-10/h3-6H,7H2,1-2H3,(H,15,16). The summed E-state index contributed by atoms with van der Waals surface area (Å²) in [6, 6.07) is 7.77. The van der Waals surface area contributed by atoms with Gasteiger partial charge in [-0.15, -0.1) is 11.3 Å². The first kappa shape index (κ1) is 12.4. The second kappa shape index (κ2) is 4.31. The third kappa shape index (κ3) is 2.61. The van der Waals surface area contributed by atoms with Gasteiger partial charge in [0.25, 0.3) is 0 Å². The minimum atomic E-state index is -0.770. The molecule has 2 nitrogen and oxygen atoms in total. The number of thiophene rings is 1. The van der Waals surface area contributed by atoms with Crippen molar-refractivity contribution in [2.45, 2.75) is 20.3 Å². The second-order valence-corrected chi connectivity index (χ2v) is 6.37. The van der Waals surface area contributed by atoms with Gasteiger partial charge in [-0.1, -0.05) is 17.7 Å². The normalized spacial score (nSPS) is 11.9. The van der Waals surface area contributed by atoms with Crippen molar-refractivity contribution in [2.75, 3.05) is 0 Å². The van der Waals surface area contributed by atoms with Crippen molar-refractivity contribution in [1.82, 2.24) is 0 Å². The lowest BCUT2D eigenvalue weighted by atomic mass is 9.89. The van der Waals surface area contributed by atoms with Crippen LogP contribution in [-0.4, -0.2) is 11.1 Å². The molecule has 1 heterocycles. The molecule has 1 N–H and O–H groups in total. The number of benzene rings is 1. The molecule has 1 aromatic heterocycles. The van der Waals surface area contributed by atoms with E-state index in [2.05, 4.69) is 0 Å². The summed E-state index contributed by atoms with van der Waals surface area (Å²) in [6.45, 7) is 3.49. The number of hydrogen-bond acceptors (Lipinski definition) is 2. The molecule has 4 heteroatoms. The quantitative estimate of drug-likeness (QED) is 0.905. The zero-order valence-corrected chi connectivity index (χ0v) is 11.2. The smallest absolute Gasteiger partial charge is 0.309 e. The third-order valence-corrected chi connectivity index (χ3v) is 4.06. The Morgan fingerprint density at radius 2 is 2.12 bits per heavy atom. The van der Waals surface area contributed by atoms with Crippen molar-refractivity contribution in [1.29, 1.82) is 0 Å². The van der Waals surface area contributed by atoms with Gasteiger partial charge < -0.3 is 5.11 Å². The lowest BCUT2D eigenvalue weighted by molar-refractivity contribution is -0.146. The average molecular weight is 269 g/mol. The van der Waals surface area contributed by atoms with Gasteiger partial charge in [0.15, 0.2) is 0 Å². The predicted molar refractivity (Wildman–Crippen MR) is 72.0 cm³/mol. The Bertz CT molecular complexity index is 572. The molecule has 2 rings (SSSR count). The molecule has 0 saturated carbocycles. The van der Waals surface area contributed by atoms with Crippen LogP contribution >= 0.6 is 22.9 Å². The number of rotatable bonds is 3. The summed E-state index contributed by atoms with van der Waals surface area (Å²) in [5, 5.41) is 10.9. The van der Waals surface area contributed by atoms with E-state index < -0.39 is 11.4 Å². The molecule has 0 radical (unpaired) electrons. The molecule has 90 valence electrons. The van der Waals surface area contributed by atoms with Crippen LogP contribution in [-0.2, 0) is 11.2 Å². The fraction of sp³-hybridized carbons (Fsp3) is 0.308. The van der Waals surface area contributed by atoms with Crippen LogP contribution in [0.5, 0.6) is 0 Å². The van der Waals surface area contributed by atoms with Crippen LogP contribution in [0.2, 0.25) is 5.02 Å². The van der Waals surface area contributed by atoms with E-state index in [4.69, 9.17) is 16.7 Å². The first-order valence-electron chi connectivity index (χ1n) is 5.30. The van der Waals surface area contributed by atoms with Crippen LogP contribution in [0.3, 0.4) is 0 Å². The number of aliphatic carboxylic acids is 1. The van der Waals surface area contributed by atoms with Crippen LogP contribution in [0.25, 0.3) is 10.1 Å². The van der Waals surface area contributed by atoms with Crippen molar-refractivity contribution < 1.29 is 9.90 Å². The van der Waals surface area contributed by atoms with Crippen LogP contribution < -0.4 is 0 Å². The third-order valence-electron chi connectivity index (χ3n) is 2.73. The predicted octanol–water partition coefficient (Wildman–Crippen LogP) is 4.21. The Labute approximate surface area is 109 Å². The Kier molecular flexibility index (Phi) is 3.15. The van der Waals surface area contributed by atoms with E-state index in [0.717, 1.165) is 15.0 Å². The maximum absolute atomic E-state index is 11.1. The number of carboxylic acids is 1. The summed E-state index contributed by atoms with van der Waals surface area (Å²) in [6.07, 6.45) is 0.541. The van der Waals surface area contributed by atoms with E-state index >= 15 is 0 Å². The van der Waals surface area contributed by atoms with Crippen molar-refractivity contribution in [3.63, 3.8) is 0 Å². The molecule has 0 spiro atoms. The van der Waals surface area contributed by atoms with Crippen LogP contribution in [0.4, 0.5) is 0 Å². The molecule has 0 bridgehead atoms. The minimum Gasteiger partial charge on any atom is -0.481 e. The van der Waals surface area contributed by atoms with Crippen molar-refractivity contribution in [3.05, 3.63) is 34.2 Å². The van der Waals surface area contributed by atoms with Crippen LogP contribution in [0.15, 0.2) is 24.3 Å². The highest BCUT2D eigenvalue weighted by atomic mass is 35.5. The SMILES string of the molecule is CC(C)(Cc1cc2ccc(Cl)cc2s1)C(=O)O. The Morgan fingerprint density at radius 3 is 2.76 bits per heavy atom. The lowest BCUT2D eigenvalue weighted by Gasteiger charge is -2.17. The fourth-order valence-corrected chi connectivity index (χ4v) is 3.23. The molecule has 0 atom stereocenters. The highest BCUT2D eigenvalue weighted by Crippen LogP contribution is 2.32. The van der Waals surface area contributed by atoms with Gasteiger partial charge in [0.2, 0.25) is 0 Å². The minimum absolute atomic E-state index is 0.541. The number of carboxylic acid groups (broad SMARTS) is 1. The fourth-order valence-electron chi connectivity index (χ4n) is 1.66. The highest BCUT2D eigenvalue weighted by molar-refractivity contribution is 7.19. The van der Waals surface area contributed by atoms with E-state index in [1.807, 2.05) is 24.3 Å². The molecule has 0 aliphatic rings. The zero-order chi connectivity index (χ0) is 12.6. The maximum Gasteiger partial charge on any atom is 0.309 e. The number of fused-ring (bicyclic) bond motifs is 1. The maximum atomic E-state index is 11.1. The second-order valence-electron chi connectivity index (χ2n) is 4.76. The highest BCUT2D eigenvalue weighted by Gasteiger charge is 2.28. The number of carbonyl (C=O) groups is 1. The van der Waals surface area contributed by atoms with Crippen molar-refractivity contribution >= 4 is 39.0 Å². The number of halogens is 1. The molecule has 17 heavy (non-hydrogen) atoms. The topological polar surface area (TPSA) is 37.3 Å². The van der Waals surface area contributed by atoms with Crippen LogP contribution in [0, 0.1) is 5.41 Å². The molecule has 0 fully saturated rings. The molecule has 2 aromatic rings. The molecular weight excluding hydrogens is 256 g/mol. The van der Waals surface area contributed by atoms with E-state index in [0.29, 0.717) is 11.4 Å². The van der Waals surface area contributed by atoms with Gasteiger partial charge in [-0.3, -0.25) is 4.79 Å². The number of hydrogen-bond donors (Lipinski definition) is 1.